The van der Waals surface area contributed by atoms with Gasteiger partial charge in [0.15, 0.2) is 0 Å². The molecule has 0 heterocycles. The Kier molecular flexibility index (Phi) is 8.77. The number of carbonyl (C=O) groups is 1. The van der Waals surface area contributed by atoms with E-state index in [-0.39, 0.29) is 11.8 Å². The third-order valence-electron chi connectivity index (χ3n) is 3.92. The lowest BCUT2D eigenvalue weighted by Gasteiger charge is -2.12. The van der Waals surface area contributed by atoms with Gasteiger partial charge in [0.2, 0.25) is 5.91 Å². The van der Waals surface area contributed by atoms with Gasteiger partial charge in [-0.25, -0.2) is 0 Å². The van der Waals surface area contributed by atoms with E-state index in [1.54, 1.807) is 0 Å². The van der Waals surface area contributed by atoms with Gasteiger partial charge in [-0.15, -0.1) is 0 Å². The number of hydrogen-bond acceptors (Lipinski definition) is 1. The van der Waals surface area contributed by atoms with Crippen LogP contribution in [0.25, 0.3) is 0 Å². The third kappa shape index (κ3) is 7.32. The normalized spacial score (nSPS) is 12.2. The minimum Gasteiger partial charge on any atom is -0.369 e. The predicted octanol–water partition coefficient (Wildman–Crippen LogP) is 4.47. The average molecular weight is 275 g/mol. The number of hydrogen-bond donors (Lipinski definition) is 1. The average Bonchev–Trinajstić information content (AvgIpc) is 2.46. The number of amides is 1. The van der Waals surface area contributed by atoms with Gasteiger partial charge in [-0.2, -0.15) is 0 Å². The number of nitrogens with two attached hydrogens (primary N) is 1. The lowest BCUT2D eigenvalue weighted by atomic mass is 9.94. The molecule has 0 saturated carbocycles. The highest BCUT2D eigenvalue weighted by molar-refractivity contribution is 5.76. The highest BCUT2D eigenvalue weighted by atomic mass is 16.1. The Hall–Kier alpha value is -1.31. The monoisotopic (exact) mass is 275 g/mol. The smallest absolute Gasteiger partial charge is 0.220 e. The topological polar surface area (TPSA) is 43.1 Å². The zero-order valence-electron chi connectivity index (χ0n) is 12.8. The van der Waals surface area contributed by atoms with Gasteiger partial charge in [0.05, 0.1) is 0 Å². The predicted molar refractivity (Wildman–Crippen MR) is 85.4 cm³/mol. The summed E-state index contributed by atoms with van der Waals surface area (Å²) < 4.78 is 0. The molecule has 1 unspecified atom stereocenters. The first kappa shape index (κ1) is 16.7. The van der Waals surface area contributed by atoms with E-state index in [1.165, 1.54) is 24.8 Å². The molecule has 1 rings (SSSR count). The van der Waals surface area contributed by atoms with Crippen LogP contribution in [0.2, 0.25) is 0 Å². The third-order valence-corrected chi connectivity index (χ3v) is 3.92. The number of rotatable bonds is 11. The summed E-state index contributed by atoms with van der Waals surface area (Å²) in [5.41, 5.74) is 6.88. The van der Waals surface area contributed by atoms with Gasteiger partial charge in [-0.3, -0.25) is 4.79 Å². The fraction of sp³-hybridized carbons (Fsp3) is 0.611. The van der Waals surface area contributed by atoms with Crippen LogP contribution in [0, 0.1) is 5.92 Å². The summed E-state index contributed by atoms with van der Waals surface area (Å²) in [6.07, 6.45) is 10.2. The van der Waals surface area contributed by atoms with E-state index in [9.17, 15) is 4.79 Å². The maximum Gasteiger partial charge on any atom is 0.220 e. The van der Waals surface area contributed by atoms with Crippen molar-refractivity contribution in [1.29, 1.82) is 0 Å². The van der Waals surface area contributed by atoms with Crippen molar-refractivity contribution in [1.82, 2.24) is 0 Å². The quantitative estimate of drug-likeness (QED) is 0.595. The summed E-state index contributed by atoms with van der Waals surface area (Å²) in [6.45, 7) is 2.15. The summed E-state index contributed by atoms with van der Waals surface area (Å²) >= 11 is 0. The van der Waals surface area contributed by atoms with E-state index < -0.39 is 0 Å². The van der Waals surface area contributed by atoms with Crippen molar-refractivity contribution >= 4 is 5.91 Å². The van der Waals surface area contributed by atoms with Crippen LogP contribution in [-0.2, 0) is 11.2 Å². The summed E-state index contributed by atoms with van der Waals surface area (Å²) in [5, 5.41) is 0. The van der Waals surface area contributed by atoms with Crippen LogP contribution in [0.15, 0.2) is 30.3 Å². The second kappa shape index (κ2) is 10.5. The number of aryl methyl sites for hydroxylation is 1. The molecule has 2 nitrogen and oxygen atoms in total. The molecule has 0 saturated heterocycles. The molecule has 2 heteroatoms. The van der Waals surface area contributed by atoms with Gasteiger partial charge in [0.25, 0.3) is 0 Å². The first-order valence-corrected chi connectivity index (χ1v) is 8.07. The number of benzene rings is 1. The number of carbonyl (C=O) groups excluding carboxylic acids is 1. The summed E-state index contributed by atoms with van der Waals surface area (Å²) in [5.74, 6) is -0.00758. The van der Waals surface area contributed by atoms with E-state index >= 15 is 0 Å². The van der Waals surface area contributed by atoms with E-state index in [0.29, 0.717) is 0 Å². The van der Waals surface area contributed by atoms with Crippen molar-refractivity contribution in [3.05, 3.63) is 35.9 Å². The van der Waals surface area contributed by atoms with Crippen molar-refractivity contribution in [2.24, 2.45) is 11.7 Å². The minimum absolute atomic E-state index is 0.101. The minimum atomic E-state index is -0.109. The van der Waals surface area contributed by atoms with Crippen LogP contribution in [0.5, 0.6) is 0 Å². The molecule has 0 aliphatic carbocycles. The van der Waals surface area contributed by atoms with Gasteiger partial charge in [0, 0.05) is 5.92 Å². The van der Waals surface area contributed by atoms with Crippen LogP contribution in [0.1, 0.15) is 63.9 Å². The van der Waals surface area contributed by atoms with Gasteiger partial charge in [-0.05, 0) is 31.2 Å². The number of primary amides is 1. The molecule has 2 N–H and O–H groups in total. The van der Waals surface area contributed by atoms with E-state index in [4.69, 9.17) is 5.73 Å². The standard InChI is InChI=1S/C18H29NO/c1-2-3-14-17(18(19)20)15-10-5-4-7-11-16-12-8-6-9-13-16/h6,8-9,12-13,17H,2-5,7,10-11,14-15H2,1H3,(H2,19,20). The molecule has 0 fully saturated rings. The summed E-state index contributed by atoms with van der Waals surface area (Å²) in [4.78, 5) is 11.3. The first-order chi connectivity index (χ1) is 9.74. The van der Waals surface area contributed by atoms with E-state index in [1.807, 2.05) is 0 Å². The fourth-order valence-corrected chi connectivity index (χ4v) is 2.60. The number of unbranched alkanes of at least 4 members (excludes halogenated alkanes) is 4. The molecule has 0 aliphatic rings. The Bertz CT molecular complexity index is 361. The van der Waals surface area contributed by atoms with E-state index in [2.05, 4.69) is 37.3 Å². The molecule has 0 aromatic heterocycles. The van der Waals surface area contributed by atoms with Crippen LogP contribution >= 0.6 is 0 Å². The summed E-state index contributed by atoms with van der Waals surface area (Å²) in [7, 11) is 0. The van der Waals surface area contributed by atoms with Crippen molar-refractivity contribution in [3.63, 3.8) is 0 Å². The Morgan fingerprint density at radius 1 is 1.00 bits per heavy atom. The molecule has 112 valence electrons. The van der Waals surface area contributed by atoms with Crippen LogP contribution in [0.3, 0.4) is 0 Å². The second-order valence-corrected chi connectivity index (χ2v) is 5.68. The molecular formula is C18H29NO. The SMILES string of the molecule is CCCCC(CCCCCCc1ccccc1)C(N)=O. The molecular weight excluding hydrogens is 246 g/mol. The molecule has 0 spiro atoms. The van der Waals surface area contributed by atoms with Crippen LogP contribution in [-0.4, -0.2) is 5.91 Å². The highest BCUT2D eigenvalue weighted by Crippen LogP contribution is 2.17. The molecule has 0 aliphatic heterocycles. The van der Waals surface area contributed by atoms with Crippen molar-refractivity contribution in [2.45, 2.75) is 64.7 Å². The molecule has 1 aromatic rings. The Labute approximate surface area is 123 Å². The molecule has 0 bridgehead atoms. The zero-order valence-corrected chi connectivity index (χ0v) is 12.8. The zero-order chi connectivity index (χ0) is 14.6. The van der Waals surface area contributed by atoms with Crippen molar-refractivity contribution in [2.75, 3.05) is 0 Å². The molecule has 1 amide bonds. The Balaban J connectivity index is 2.07. The van der Waals surface area contributed by atoms with Crippen LogP contribution in [0.4, 0.5) is 0 Å². The highest BCUT2D eigenvalue weighted by Gasteiger charge is 2.13. The van der Waals surface area contributed by atoms with Gasteiger partial charge >= 0.3 is 0 Å². The fourth-order valence-electron chi connectivity index (χ4n) is 2.60. The first-order valence-electron chi connectivity index (χ1n) is 8.07. The molecule has 1 aromatic carbocycles. The maximum atomic E-state index is 11.3. The van der Waals surface area contributed by atoms with Crippen LogP contribution < -0.4 is 5.73 Å². The second-order valence-electron chi connectivity index (χ2n) is 5.68. The van der Waals surface area contributed by atoms with Gasteiger partial charge < -0.3 is 5.73 Å². The van der Waals surface area contributed by atoms with Gasteiger partial charge in [-0.1, -0.05) is 69.4 Å². The Morgan fingerprint density at radius 3 is 2.30 bits per heavy atom. The van der Waals surface area contributed by atoms with E-state index in [0.717, 1.165) is 38.5 Å². The maximum absolute atomic E-state index is 11.3. The Morgan fingerprint density at radius 2 is 1.65 bits per heavy atom. The molecule has 1 atom stereocenters. The lowest BCUT2D eigenvalue weighted by molar-refractivity contribution is -0.122. The summed E-state index contributed by atoms with van der Waals surface area (Å²) in [6, 6.07) is 10.6. The van der Waals surface area contributed by atoms with Crippen molar-refractivity contribution in [3.8, 4) is 0 Å². The van der Waals surface area contributed by atoms with Gasteiger partial charge in [0.1, 0.15) is 0 Å². The lowest BCUT2D eigenvalue weighted by Crippen LogP contribution is -2.23. The largest absolute Gasteiger partial charge is 0.369 e. The molecule has 20 heavy (non-hydrogen) atoms. The molecule has 0 radical (unpaired) electrons. The van der Waals surface area contributed by atoms with Crippen molar-refractivity contribution < 1.29 is 4.79 Å².